The van der Waals surface area contributed by atoms with Crippen LogP contribution in [0.1, 0.15) is 25.3 Å². The molecule has 1 unspecified atom stereocenters. The van der Waals surface area contributed by atoms with E-state index in [1.54, 1.807) is 24.3 Å². The van der Waals surface area contributed by atoms with Crippen LogP contribution >= 0.6 is 0 Å². The van der Waals surface area contributed by atoms with Crippen molar-refractivity contribution in [2.45, 2.75) is 31.5 Å². The maximum Gasteiger partial charge on any atom is 0.328 e. The molecular formula is C17H20N4O8. The van der Waals surface area contributed by atoms with Crippen LogP contribution in [0.25, 0.3) is 11.5 Å². The second kappa shape index (κ2) is 9.50. The van der Waals surface area contributed by atoms with Gasteiger partial charge in [0, 0.05) is 0 Å². The number of methoxy groups -OCH3 is 1. The Bertz CT molecular complexity index is 882. The molecule has 12 nitrogen and oxygen atoms in total. The number of nitrogens with zero attached hydrogens (tertiary/aromatic N) is 2. The van der Waals surface area contributed by atoms with Gasteiger partial charge in [-0.3, -0.25) is 4.79 Å². The molecule has 1 aromatic carbocycles. The number of carbonyl (C=O) groups is 3. The molecule has 0 aliphatic carbocycles. The zero-order chi connectivity index (χ0) is 21.6. The highest BCUT2D eigenvalue weighted by Crippen LogP contribution is 2.29. The molecule has 0 saturated heterocycles. The minimum atomic E-state index is -1.59. The fourth-order valence-corrected chi connectivity index (χ4v) is 2.41. The third-order valence-corrected chi connectivity index (χ3v) is 3.80. The lowest BCUT2D eigenvalue weighted by Crippen LogP contribution is -2.51. The van der Waals surface area contributed by atoms with Crippen LogP contribution in [0.4, 0.5) is 4.79 Å². The van der Waals surface area contributed by atoms with Crippen molar-refractivity contribution in [2.75, 3.05) is 7.11 Å². The van der Waals surface area contributed by atoms with E-state index in [1.165, 1.54) is 14.0 Å². The standard InChI is InChI=1S/C17H20N4O8/c1-8(22)13(16(25)26)19-17(27)18-10(7-12(23)24)15-21-20-14(29-15)9-5-3-4-6-11(9)28-2/h3-6,8,10,13,22H,7H2,1-2H3,(H,23,24)(H,25,26)(H2,18,19,27)/t8?,10-,13-/m0/s1. The first kappa shape index (κ1) is 21.6. The van der Waals surface area contributed by atoms with Crippen LogP contribution in [-0.2, 0) is 9.59 Å². The van der Waals surface area contributed by atoms with Gasteiger partial charge >= 0.3 is 18.0 Å². The van der Waals surface area contributed by atoms with Crippen LogP contribution in [0.2, 0.25) is 0 Å². The smallest absolute Gasteiger partial charge is 0.328 e. The van der Waals surface area contributed by atoms with E-state index in [-0.39, 0.29) is 11.8 Å². The van der Waals surface area contributed by atoms with Gasteiger partial charge in [0.1, 0.15) is 11.8 Å². The first-order valence-corrected chi connectivity index (χ1v) is 8.39. The van der Waals surface area contributed by atoms with Crippen LogP contribution in [0, 0.1) is 0 Å². The number of aliphatic hydroxyl groups excluding tert-OH is 1. The Morgan fingerprint density at radius 1 is 1.17 bits per heavy atom. The molecule has 1 heterocycles. The van der Waals surface area contributed by atoms with E-state index < -0.39 is 42.6 Å². The Morgan fingerprint density at radius 3 is 2.45 bits per heavy atom. The maximum absolute atomic E-state index is 12.1. The third kappa shape index (κ3) is 5.65. The van der Waals surface area contributed by atoms with Gasteiger partial charge < -0.3 is 35.1 Å². The van der Waals surface area contributed by atoms with E-state index in [4.69, 9.17) is 19.4 Å². The molecule has 0 saturated carbocycles. The molecule has 3 atom stereocenters. The van der Waals surface area contributed by atoms with Crippen molar-refractivity contribution >= 4 is 18.0 Å². The minimum absolute atomic E-state index is 0.0439. The van der Waals surface area contributed by atoms with Crippen LogP contribution in [0.5, 0.6) is 5.75 Å². The summed E-state index contributed by atoms with van der Waals surface area (Å²) in [5, 5.41) is 39.5. The van der Waals surface area contributed by atoms with Crippen molar-refractivity contribution < 1.29 is 38.9 Å². The molecular weight excluding hydrogens is 388 g/mol. The van der Waals surface area contributed by atoms with E-state index in [2.05, 4.69) is 15.5 Å². The molecule has 5 N–H and O–H groups in total. The number of aliphatic carboxylic acids is 2. The molecule has 156 valence electrons. The number of carboxylic acids is 2. The lowest BCUT2D eigenvalue weighted by molar-refractivity contribution is -0.142. The average Bonchev–Trinajstić information content (AvgIpc) is 3.14. The number of para-hydroxylation sites is 1. The predicted molar refractivity (Wildman–Crippen MR) is 96.1 cm³/mol. The number of hydrogen-bond acceptors (Lipinski definition) is 8. The van der Waals surface area contributed by atoms with E-state index in [0.29, 0.717) is 11.3 Å². The van der Waals surface area contributed by atoms with Gasteiger partial charge in [0.15, 0.2) is 6.04 Å². The summed E-state index contributed by atoms with van der Waals surface area (Å²) in [7, 11) is 1.45. The first-order valence-electron chi connectivity index (χ1n) is 8.39. The summed E-state index contributed by atoms with van der Waals surface area (Å²) in [6.07, 6.45) is -1.98. The topological polar surface area (TPSA) is 184 Å². The van der Waals surface area contributed by atoms with Crippen molar-refractivity contribution in [3.63, 3.8) is 0 Å². The molecule has 2 amide bonds. The minimum Gasteiger partial charge on any atom is -0.496 e. The van der Waals surface area contributed by atoms with Gasteiger partial charge in [-0.2, -0.15) is 0 Å². The van der Waals surface area contributed by atoms with Gasteiger partial charge in [-0.05, 0) is 19.1 Å². The fraction of sp³-hybridized carbons (Fsp3) is 0.353. The highest BCUT2D eigenvalue weighted by molar-refractivity contribution is 5.83. The summed E-state index contributed by atoms with van der Waals surface area (Å²) in [5.74, 6) is -2.43. The number of amides is 2. The average molecular weight is 408 g/mol. The summed E-state index contributed by atoms with van der Waals surface area (Å²) < 4.78 is 10.7. The molecule has 12 heteroatoms. The number of benzene rings is 1. The number of aliphatic hydroxyl groups is 1. The highest BCUT2D eigenvalue weighted by atomic mass is 16.5. The molecule has 0 aliphatic heterocycles. The molecule has 2 aromatic rings. The fourth-order valence-electron chi connectivity index (χ4n) is 2.41. The SMILES string of the molecule is COc1ccccc1-c1nnc([C@H](CC(=O)O)NC(=O)N[C@H](C(=O)O)C(C)O)o1. The molecule has 0 aliphatic rings. The number of rotatable bonds is 9. The van der Waals surface area contributed by atoms with Crippen LogP contribution in [0.15, 0.2) is 28.7 Å². The van der Waals surface area contributed by atoms with Gasteiger partial charge in [0.2, 0.25) is 5.89 Å². The lowest BCUT2D eigenvalue weighted by Gasteiger charge is -2.19. The van der Waals surface area contributed by atoms with Crippen LogP contribution in [0.3, 0.4) is 0 Å². The van der Waals surface area contributed by atoms with Gasteiger partial charge in [-0.1, -0.05) is 12.1 Å². The Hall–Kier alpha value is -3.67. The zero-order valence-electron chi connectivity index (χ0n) is 15.5. The third-order valence-electron chi connectivity index (χ3n) is 3.80. The van der Waals surface area contributed by atoms with E-state index in [9.17, 15) is 19.5 Å². The molecule has 0 spiro atoms. The summed E-state index contributed by atoms with van der Waals surface area (Å²) in [5.41, 5.74) is 0.465. The number of aromatic nitrogens is 2. The van der Waals surface area contributed by atoms with E-state index in [1.807, 2.05) is 5.32 Å². The lowest BCUT2D eigenvalue weighted by atomic mass is 10.2. The Morgan fingerprint density at radius 2 is 1.86 bits per heavy atom. The van der Waals surface area contributed by atoms with E-state index >= 15 is 0 Å². The molecule has 0 bridgehead atoms. The normalized spacial score (nSPS) is 13.8. The predicted octanol–water partition coefficient (Wildman–Crippen LogP) is 0.394. The van der Waals surface area contributed by atoms with Crippen molar-refractivity contribution in [3.05, 3.63) is 30.2 Å². The van der Waals surface area contributed by atoms with Gasteiger partial charge in [0.25, 0.3) is 5.89 Å². The van der Waals surface area contributed by atoms with Crippen LogP contribution < -0.4 is 15.4 Å². The van der Waals surface area contributed by atoms with Crippen molar-refractivity contribution in [1.82, 2.24) is 20.8 Å². The summed E-state index contributed by atoms with van der Waals surface area (Å²) in [4.78, 5) is 34.4. The summed E-state index contributed by atoms with van der Waals surface area (Å²) in [6.45, 7) is 1.19. The second-order valence-electron chi connectivity index (χ2n) is 5.97. The highest BCUT2D eigenvalue weighted by Gasteiger charge is 2.29. The monoisotopic (exact) mass is 408 g/mol. The number of nitrogens with one attached hydrogen (secondary N) is 2. The number of carbonyl (C=O) groups excluding carboxylic acids is 1. The number of urea groups is 1. The molecule has 0 radical (unpaired) electrons. The van der Waals surface area contributed by atoms with Gasteiger partial charge in [-0.25, -0.2) is 9.59 Å². The summed E-state index contributed by atoms with van der Waals surface area (Å²) in [6, 6.07) is 2.91. The maximum atomic E-state index is 12.1. The first-order chi connectivity index (χ1) is 13.7. The van der Waals surface area contributed by atoms with Crippen molar-refractivity contribution in [3.8, 4) is 17.2 Å². The van der Waals surface area contributed by atoms with Crippen molar-refractivity contribution in [1.29, 1.82) is 0 Å². The molecule has 1 aromatic heterocycles. The van der Waals surface area contributed by atoms with Gasteiger partial charge in [-0.15, -0.1) is 10.2 Å². The second-order valence-corrected chi connectivity index (χ2v) is 5.97. The summed E-state index contributed by atoms with van der Waals surface area (Å²) >= 11 is 0. The number of hydrogen-bond donors (Lipinski definition) is 5. The van der Waals surface area contributed by atoms with Crippen molar-refractivity contribution in [2.24, 2.45) is 0 Å². The zero-order valence-corrected chi connectivity index (χ0v) is 15.5. The Balaban J connectivity index is 2.23. The molecule has 2 rings (SSSR count). The Kier molecular flexibility index (Phi) is 7.09. The van der Waals surface area contributed by atoms with Crippen LogP contribution in [-0.4, -0.2) is 62.7 Å². The van der Waals surface area contributed by atoms with E-state index in [0.717, 1.165) is 0 Å². The Labute approximate surface area is 164 Å². The molecule has 29 heavy (non-hydrogen) atoms. The van der Waals surface area contributed by atoms with Gasteiger partial charge in [0.05, 0.1) is 25.2 Å². The molecule has 0 fully saturated rings. The number of ether oxygens (including phenoxy) is 1. The quantitative estimate of drug-likeness (QED) is 0.389. The largest absolute Gasteiger partial charge is 0.496 e. The number of carboxylic acid groups (broad SMARTS) is 2.